The Balaban J connectivity index is 2.56. The fourth-order valence-electron chi connectivity index (χ4n) is 2.76. The Kier molecular flexibility index (Phi) is 2.88. The molecule has 22 heavy (non-hydrogen) atoms. The molecule has 0 N–H and O–H groups in total. The van der Waals surface area contributed by atoms with Crippen molar-refractivity contribution < 1.29 is 4.79 Å². The fraction of sp³-hybridized carbons (Fsp3) is 0.429. The summed E-state index contributed by atoms with van der Waals surface area (Å²) in [5, 5.41) is 0. The highest BCUT2D eigenvalue weighted by atomic mass is 16.2. The molecule has 0 radical (unpaired) electrons. The Labute approximate surface area is 125 Å². The van der Waals surface area contributed by atoms with Gasteiger partial charge in [0.15, 0.2) is 16.9 Å². The molecule has 0 aliphatic heterocycles. The summed E-state index contributed by atoms with van der Waals surface area (Å²) in [6.45, 7) is 5.15. The molecule has 3 rings (SSSR count). The maximum atomic E-state index is 12.4. The molecule has 116 valence electrons. The van der Waals surface area contributed by atoms with Crippen LogP contribution in [0, 0.1) is 6.92 Å². The number of carbonyl (C=O) groups is 1. The summed E-state index contributed by atoms with van der Waals surface area (Å²) < 4.78 is 5.80. The summed E-state index contributed by atoms with van der Waals surface area (Å²) in [7, 11) is 3.01. The number of carbonyl (C=O) groups excluding carboxylic acids is 1. The maximum absolute atomic E-state index is 12.4. The minimum absolute atomic E-state index is 0.00459. The average Bonchev–Trinajstić information content (AvgIpc) is 2.96. The molecule has 0 saturated carbocycles. The smallest absolute Gasteiger partial charge is 0.304 e. The van der Waals surface area contributed by atoms with Gasteiger partial charge in [-0.2, -0.15) is 4.98 Å². The highest BCUT2D eigenvalue weighted by Crippen LogP contribution is 2.20. The van der Waals surface area contributed by atoms with Gasteiger partial charge in [0.2, 0.25) is 5.78 Å². The highest BCUT2D eigenvalue weighted by Gasteiger charge is 2.22. The van der Waals surface area contributed by atoms with Crippen LogP contribution in [0.1, 0.15) is 25.6 Å². The zero-order valence-corrected chi connectivity index (χ0v) is 13.1. The molecule has 0 fully saturated rings. The van der Waals surface area contributed by atoms with E-state index in [0.717, 1.165) is 10.3 Å². The molecule has 0 aromatic carbocycles. The Morgan fingerprint density at radius 1 is 1.23 bits per heavy atom. The number of aromatic nitrogens is 5. The lowest BCUT2D eigenvalue weighted by Crippen LogP contribution is -2.37. The predicted octanol–water partition coefficient (Wildman–Crippen LogP) is 0.145. The van der Waals surface area contributed by atoms with Gasteiger partial charge in [-0.1, -0.05) is 0 Å². The van der Waals surface area contributed by atoms with Gasteiger partial charge < -0.3 is 4.57 Å². The quantitative estimate of drug-likeness (QED) is 0.674. The molecule has 0 aliphatic carbocycles. The standard InChI is InChI=1S/C14H17N5O3/c1-7-6-18-10-11(16(4)14(22)17(5)12(10)21)15-13(18)19(7)8(2)9(3)20/h6,8H,1-5H3. The molecule has 0 spiro atoms. The van der Waals surface area contributed by atoms with Gasteiger partial charge in [0, 0.05) is 26.0 Å². The lowest BCUT2D eigenvalue weighted by molar-refractivity contribution is -0.119. The topological polar surface area (TPSA) is 83.3 Å². The van der Waals surface area contributed by atoms with Crippen LogP contribution < -0.4 is 11.2 Å². The number of nitrogens with zero attached hydrogens (tertiary/aromatic N) is 5. The summed E-state index contributed by atoms with van der Waals surface area (Å²) >= 11 is 0. The van der Waals surface area contributed by atoms with Crippen molar-refractivity contribution in [3.63, 3.8) is 0 Å². The van der Waals surface area contributed by atoms with Crippen LogP contribution in [-0.4, -0.2) is 28.9 Å². The number of ketones is 1. The average molecular weight is 303 g/mol. The number of imidazole rings is 2. The SMILES string of the molecule is CC(=O)C(C)n1c(C)cn2c3c(=O)n(C)c(=O)n(C)c3nc12. The van der Waals surface area contributed by atoms with Crippen molar-refractivity contribution in [3.8, 4) is 0 Å². The second-order valence-corrected chi connectivity index (χ2v) is 5.59. The number of fused-ring (bicyclic) bond motifs is 3. The van der Waals surface area contributed by atoms with Gasteiger partial charge in [-0.25, -0.2) is 4.79 Å². The van der Waals surface area contributed by atoms with Gasteiger partial charge in [0.25, 0.3) is 5.56 Å². The van der Waals surface area contributed by atoms with Crippen molar-refractivity contribution in [2.24, 2.45) is 14.1 Å². The second-order valence-electron chi connectivity index (χ2n) is 5.59. The third kappa shape index (κ3) is 1.63. The summed E-state index contributed by atoms with van der Waals surface area (Å²) in [6.07, 6.45) is 1.76. The summed E-state index contributed by atoms with van der Waals surface area (Å²) in [5.74, 6) is 0.476. The number of Topliss-reactive ketones (excluding diaryl/α,β-unsaturated/α-hetero) is 1. The Bertz CT molecular complexity index is 1050. The molecule has 1 unspecified atom stereocenters. The van der Waals surface area contributed by atoms with E-state index in [4.69, 9.17) is 0 Å². The monoisotopic (exact) mass is 303 g/mol. The third-order valence-electron chi connectivity index (χ3n) is 4.16. The van der Waals surface area contributed by atoms with Crippen molar-refractivity contribution in [1.29, 1.82) is 0 Å². The van der Waals surface area contributed by atoms with E-state index in [9.17, 15) is 14.4 Å². The molecule has 0 amide bonds. The van der Waals surface area contributed by atoms with Gasteiger partial charge >= 0.3 is 5.69 Å². The molecule has 3 aromatic heterocycles. The van der Waals surface area contributed by atoms with Crippen molar-refractivity contribution in [1.82, 2.24) is 23.1 Å². The van der Waals surface area contributed by atoms with E-state index in [1.165, 1.54) is 18.5 Å². The first-order valence-electron chi connectivity index (χ1n) is 6.91. The Morgan fingerprint density at radius 3 is 2.45 bits per heavy atom. The lowest BCUT2D eigenvalue weighted by Gasteiger charge is -2.11. The first kappa shape index (κ1) is 14.3. The molecular weight excluding hydrogens is 286 g/mol. The Hall–Kier alpha value is -2.64. The lowest BCUT2D eigenvalue weighted by atomic mass is 10.2. The number of aryl methyl sites for hydroxylation is 2. The van der Waals surface area contributed by atoms with Crippen LogP contribution in [0.4, 0.5) is 0 Å². The van der Waals surface area contributed by atoms with Gasteiger partial charge in [-0.3, -0.25) is 23.1 Å². The van der Waals surface area contributed by atoms with Crippen LogP contribution >= 0.6 is 0 Å². The van der Waals surface area contributed by atoms with Crippen molar-refractivity contribution >= 4 is 22.7 Å². The second kappa shape index (κ2) is 4.43. The zero-order valence-electron chi connectivity index (χ0n) is 13.1. The normalized spacial score (nSPS) is 13.1. The molecule has 3 aromatic rings. The molecule has 3 heterocycles. The van der Waals surface area contributed by atoms with E-state index in [1.807, 2.05) is 6.92 Å². The third-order valence-corrected chi connectivity index (χ3v) is 4.16. The van der Waals surface area contributed by atoms with E-state index < -0.39 is 17.3 Å². The van der Waals surface area contributed by atoms with Crippen molar-refractivity contribution in [2.75, 3.05) is 0 Å². The van der Waals surface area contributed by atoms with E-state index in [-0.39, 0.29) is 5.78 Å². The van der Waals surface area contributed by atoms with Crippen LogP contribution in [0.15, 0.2) is 15.8 Å². The van der Waals surface area contributed by atoms with Crippen LogP contribution in [0.25, 0.3) is 16.9 Å². The molecule has 1 atom stereocenters. The van der Waals surface area contributed by atoms with Gasteiger partial charge in [0.1, 0.15) is 0 Å². The van der Waals surface area contributed by atoms with Gasteiger partial charge in [-0.15, -0.1) is 0 Å². The first-order chi connectivity index (χ1) is 10.3. The van der Waals surface area contributed by atoms with E-state index in [0.29, 0.717) is 16.9 Å². The largest absolute Gasteiger partial charge is 0.332 e. The Morgan fingerprint density at radius 2 is 1.86 bits per heavy atom. The van der Waals surface area contributed by atoms with E-state index >= 15 is 0 Å². The summed E-state index contributed by atoms with van der Waals surface area (Å²) in [6, 6.07) is -0.393. The van der Waals surface area contributed by atoms with Crippen molar-refractivity contribution in [3.05, 3.63) is 32.7 Å². The predicted molar refractivity (Wildman–Crippen MR) is 81.3 cm³/mol. The van der Waals surface area contributed by atoms with Gasteiger partial charge in [0.05, 0.1) is 6.04 Å². The number of rotatable bonds is 2. The molecular formula is C14H17N5O3. The fourth-order valence-corrected chi connectivity index (χ4v) is 2.76. The number of hydrogen-bond acceptors (Lipinski definition) is 4. The highest BCUT2D eigenvalue weighted by molar-refractivity contribution is 5.81. The minimum atomic E-state index is -0.429. The van der Waals surface area contributed by atoms with Crippen LogP contribution in [-0.2, 0) is 18.9 Å². The zero-order chi connectivity index (χ0) is 16.3. The summed E-state index contributed by atoms with van der Waals surface area (Å²) in [4.78, 5) is 40.6. The van der Waals surface area contributed by atoms with Crippen molar-refractivity contribution in [2.45, 2.75) is 26.8 Å². The molecule has 8 nitrogen and oxygen atoms in total. The minimum Gasteiger partial charge on any atom is -0.304 e. The van der Waals surface area contributed by atoms with E-state index in [1.54, 1.807) is 29.1 Å². The van der Waals surface area contributed by atoms with Gasteiger partial charge in [-0.05, 0) is 20.8 Å². The molecule has 0 saturated heterocycles. The molecule has 0 aliphatic rings. The van der Waals surface area contributed by atoms with Crippen LogP contribution in [0.3, 0.4) is 0 Å². The first-order valence-corrected chi connectivity index (χ1v) is 6.91. The molecule has 0 bridgehead atoms. The molecule has 8 heteroatoms. The van der Waals surface area contributed by atoms with E-state index in [2.05, 4.69) is 4.98 Å². The maximum Gasteiger partial charge on any atom is 0.332 e. The van der Waals surface area contributed by atoms with Crippen LogP contribution in [0.5, 0.6) is 0 Å². The van der Waals surface area contributed by atoms with Crippen LogP contribution in [0.2, 0.25) is 0 Å². The number of hydrogen-bond donors (Lipinski definition) is 0. The summed E-state index contributed by atoms with van der Waals surface area (Å²) in [5.41, 5.74) is 0.632.